The summed E-state index contributed by atoms with van der Waals surface area (Å²) in [5.41, 5.74) is 0.700. The highest BCUT2D eigenvalue weighted by atomic mass is 35.5. The molecule has 0 aliphatic rings. The molecule has 0 saturated heterocycles. The molecule has 174 valence electrons. The minimum absolute atomic E-state index is 0.0399. The number of nitrogens with one attached hydrogen (secondary N) is 2. The zero-order valence-corrected chi connectivity index (χ0v) is 20.5. The maximum atomic E-state index is 12.9. The first-order valence-electron chi connectivity index (χ1n) is 9.04. The first-order chi connectivity index (χ1) is 15.4. The van der Waals surface area contributed by atoms with Gasteiger partial charge < -0.3 is 5.32 Å². The molecule has 0 unspecified atom stereocenters. The fourth-order valence-electron chi connectivity index (χ4n) is 2.71. The standard InChI is InChI=1S/C20H16Cl3N3O5S2/c21-14-4-8-16(22)18(10-14)26-33(30,31)19-9-13(3-7-17(19)23)20(27)25-11-12-1-5-15(6-2-12)32(24,28)29/h1-10,26H,11H2,(H,25,27)(H2,24,28,29). The summed E-state index contributed by atoms with van der Waals surface area (Å²) in [6.45, 7) is 0.0603. The van der Waals surface area contributed by atoms with Crippen LogP contribution in [0, 0.1) is 0 Å². The van der Waals surface area contributed by atoms with E-state index in [4.69, 9.17) is 39.9 Å². The van der Waals surface area contributed by atoms with E-state index in [1.54, 1.807) is 0 Å². The minimum Gasteiger partial charge on any atom is -0.348 e. The first-order valence-corrected chi connectivity index (χ1v) is 13.2. The predicted molar refractivity (Wildman–Crippen MR) is 128 cm³/mol. The highest BCUT2D eigenvalue weighted by molar-refractivity contribution is 7.92. The molecule has 8 nitrogen and oxygen atoms in total. The molecule has 0 aliphatic carbocycles. The van der Waals surface area contributed by atoms with E-state index in [-0.39, 0.29) is 42.7 Å². The summed E-state index contributed by atoms with van der Waals surface area (Å²) in [5.74, 6) is -0.570. The molecule has 3 aromatic rings. The van der Waals surface area contributed by atoms with Crippen molar-refractivity contribution in [2.75, 3.05) is 4.72 Å². The molecule has 0 aromatic heterocycles. The van der Waals surface area contributed by atoms with Crippen LogP contribution in [0.15, 0.2) is 70.5 Å². The minimum atomic E-state index is -4.20. The van der Waals surface area contributed by atoms with Crippen LogP contribution in [-0.2, 0) is 26.6 Å². The molecule has 13 heteroatoms. The fourth-order valence-corrected chi connectivity index (χ4v) is 5.21. The number of carbonyl (C=O) groups excluding carboxylic acids is 1. The third-order valence-corrected chi connectivity index (χ3v) is 7.70. The van der Waals surface area contributed by atoms with Crippen molar-refractivity contribution in [3.8, 4) is 0 Å². The Hall–Kier alpha value is -2.34. The van der Waals surface area contributed by atoms with Crippen LogP contribution >= 0.6 is 34.8 Å². The number of carbonyl (C=O) groups is 1. The van der Waals surface area contributed by atoms with Crippen molar-refractivity contribution < 1.29 is 21.6 Å². The highest BCUT2D eigenvalue weighted by Gasteiger charge is 2.21. The molecule has 1 amide bonds. The number of amides is 1. The van der Waals surface area contributed by atoms with Crippen molar-refractivity contribution in [3.63, 3.8) is 0 Å². The summed E-state index contributed by atoms with van der Waals surface area (Å²) in [7, 11) is -8.02. The number of primary sulfonamides is 1. The molecule has 0 radical (unpaired) electrons. The number of hydrogen-bond acceptors (Lipinski definition) is 5. The van der Waals surface area contributed by atoms with Crippen LogP contribution in [0.2, 0.25) is 15.1 Å². The van der Waals surface area contributed by atoms with E-state index in [0.29, 0.717) is 5.56 Å². The summed E-state index contributed by atoms with van der Waals surface area (Å²) in [5, 5.41) is 7.97. The monoisotopic (exact) mass is 547 g/mol. The van der Waals surface area contributed by atoms with Crippen molar-refractivity contribution in [1.82, 2.24) is 5.32 Å². The normalized spacial score (nSPS) is 11.8. The largest absolute Gasteiger partial charge is 0.348 e. The zero-order valence-electron chi connectivity index (χ0n) is 16.5. The van der Waals surface area contributed by atoms with E-state index in [9.17, 15) is 21.6 Å². The van der Waals surface area contributed by atoms with Gasteiger partial charge in [0.05, 0.1) is 20.6 Å². The van der Waals surface area contributed by atoms with Crippen LogP contribution < -0.4 is 15.2 Å². The molecular formula is C20H16Cl3N3O5S2. The number of hydrogen-bond donors (Lipinski definition) is 3. The summed E-state index contributed by atoms with van der Waals surface area (Å²) >= 11 is 18.0. The fraction of sp³-hybridized carbons (Fsp3) is 0.0500. The van der Waals surface area contributed by atoms with Crippen LogP contribution in [0.4, 0.5) is 5.69 Å². The Morgan fingerprint density at radius 1 is 0.848 bits per heavy atom. The van der Waals surface area contributed by atoms with Gasteiger partial charge in [-0.15, -0.1) is 0 Å². The Morgan fingerprint density at radius 2 is 1.48 bits per heavy atom. The average molecular weight is 549 g/mol. The van der Waals surface area contributed by atoms with E-state index in [1.807, 2.05) is 0 Å². The van der Waals surface area contributed by atoms with Gasteiger partial charge in [0.15, 0.2) is 0 Å². The second-order valence-electron chi connectivity index (χ2n) is 6.75. The lowest BCUT2D eigenvalue weighted by molar-refractivity contribution is 0.0950. The lowest BCUT2D eigenvalue weighted by atomic mass is 10.2. The van der Waals surface area contributed by atoms with Crippen molar-refractivity contribution in [2.45, 2.75) is 16.3 Å². The van der Waals surface area contributed by atoms with Gasteiger partial charge in [-0.05, 0) is 54.1 Å². The molecule has 0 aliphatic heterocycles. The highest BCUT2D eigenvalue weighted by Crippen LogP contribution is 2.30. The summed E-state index contributed by atoms with van der Waals surface area (Å²) < 4.78 is 50.7. The van der Waals surface area contributed by atoms with Crippen molar-refractivity contribution in [3.05, 3.63) is 86.9 Å². The van der Waals surface area contributed by atoms with E-state index < -0.39 is 26.0 Å². The zero-order chi connectivity index (χ0) is 24.4. The third kappa shape index (κ3) is 6.38. The van der Waals surface area contributed by atoms with Gasteiger partial charge in [-0.3, -0.25) is 9.52 Å². The van der Waals surface area contributed by atoms with Crippen molar-refractivity contribution >= 4 is 66.4 Å². The second kappa shape index (κ2) is 9.88. The smallest absolute Gasteiger partial charge is 0.263 e. The Kier molecular flexibility index (Phi) is 7.57. The quantitative estimate of drug-likeness (QED) is 0.410. The maximum absolute atomic E-state index is 12.9. The molecule has 0 saturated carbocycles. The second-order valence-corrected chi connectivity index (χ2v) is 11.2. The Morgan fingerprint density at radius 3 is 2.12 bits per heavy atom. The molecule has 0 bridgehead atoms. The Labute approximate surface area is 205 Å². The van der Waals surface area contributed by atoms with Crippen LogP contribution in [0.5, 0.6) is 0 Å². The maximum Gasteiger partial charge on any atom is 0.263 e. The number of anilines is 1. The lowest BCUT2D eigenvalue weighted by Gasteiger charge is -2.13. The first kappa shape index (κ1) is 25.3. The average Bonchev–Trinajstić information content (AvgIpc) is 2.74. The van der Waals surface area contributed by atoms with E-state index in [0.717, 1.165) is 6.07 Å². The predicted octanol–water partition coefficient (Wildman–Crippen LogP) is 4.03. The van der Waals surface area contributed by atoms with Gasteiger partial charge in [-0.25, -0.2) is 22.0 Å². The molecule has 0 atom stereocenters. The summed E-state index contributed by atoms with van der Waals surface area (Å²) in [6.07, 6.45) is 0. The van der Waals surface area contributed by atoms with Crippen LogP contribution in [0.3, 0.4) is 0 Å². The third-order valence-electron chi connectivity index (χ3n) is 4.36. The number of sulfonamides is 2. The van der Waals surface area contributed by atoms with Crippen molar-refractivity contribution in [2.24, 2.45) is 5.14 Å². The van der Waals surface area contributed by atoms with Gasteiger partial charge in [0.2, 0.25) is 10.0 Å². The molecular weight excluding hydrogens is 533 g/mol. The summed E-state index contributed by atoms with van der Waals surface area (Å²) in [4.78, 5) is 12.2. The topological polar surface area (TPSA) is 135 Å². The van der Waals surface area contributed by atoms with Gasteiger partial charge in [-0.2, -0.15) is 0 Å². The van der Waals surface area contributed by atoms with Crippen LogP contribution in [-0.4, -0.2) is 22.7 Å². The van der Waals surface area contributed by atoms with E-state index >= 15 is 0 Å². The molecule has 33 heavy (non-hydrogen) atoms. The molecule has 3 aromatic carbocycles. The number of halogens is 3. The van der Waals surface area contributed by atoms with Gasteiger partial charge >= 0.3 is 0 Å². The molecule has 0 spiro atoms. The van der Waals surface area contributed by atoms with Gasteiger partial charge in [0.25, 0.3) is 15.9 Å². The molecule has 3 rings (SSSR count). The van der Waals surface area contributed by atoms with Crippen LogP contribution in [0.1, 0.15) is 15.9 Å². The number of rotatable bonds is 7. The number of benzene rings is 3. The molecule has 0 heterocycles. The summed E-state index contributed by atoms with van der Waals surface area (Å²) in [6, 6.07) is 13.7. The lowest BCUT2D eigenvalue weighted by Crippen LogP contribution is -2.23. The van der Waals surface area contributed by atoms with Crippen molar-refractivity contribution in [1.29, 1.82) is 0 Å². The van der Waals surface area contributed by atoms with Gasteiger partial charge in [0, 0.05) is 17.1 Å². The molecule has 0 fully saturated rings. The molecule has 4 N–H and O–H groups in total. The number of nitrogens with two attached hydrogens (primary N) is 1. The van der Waals surface area contributed by atoms with Crippen LogP contribution in [0.25, 0.3) is 0 Å². The Bertz CT molecular complexity index is 1430. The Balaban J connectivity index is 1.78. The van der Waals surface area contributed by atoms with E-state index in [1.165, 1.54) is 54.6 Å². The van der Waals surface area contributed by atoms with E-state index in [2.05, 4.69) is 10.0 Å². The SMILES string of the molecule is NS(=O)(=O)c1ccc(CNC(=O)c2ccc(Cl)c(S(=O)(=O)Nc3cc(Cl)ccc3Cl)c2)cc1. The van der Waals surface area contributed by atoms with Gasteiger partial charge in [-0.1, -0.05) is 46.9 Å². The van der Waals surface area contributed by atoms with Gasteiger partial charge in [0.1, 0.15) is 4.90 Å².